The summed E-state index contributed by atoms with van der Waals surface area (Å²) in [6.45, 7) is 4.31. The highest BCUT2D eigenvalue weighted by Gasteiger charge is 2.41. The Hall–Kier alpha value is -2.24. The van der Waals surface area contributed by atoms with E-state index in [9.17, 15) is 0 Å². The second kappa shape index (κ2) is 9.49. The van der Waals surface area contributed by atoms with Gasteiger partial charge in [-0.15, -0.1) is 0 Å². The molecule has 5 nitrogen and oxygen atoms in total. The maximum atomic E-state index is 6.69. The topological polar surface area (TPSA) is 57.0 Å². The number of fused-ring (bicyclic) bond motifs is 3. The number of benzene rings is 2. The number of methoxy groups -OCH3 is 3. The molecule has 0 saturated carbocycles. The first-order valence-corrected chi connectivity index (χ1v) is 11.5. The van der Waals surface area contributed by atoms with Crippen LogP contribution in [-0.4, -0.2) is 45.4 Å². The van der Waals surface area contributed by atoms with E-state index < -0.39 is 0 Å². The summed E-state index contributed by atoms with van der Waals surface area (Å²) in [7, 11) is 5.12. The molecule has 0 aromatic heterocycles. The predicted octanol–water partition coefficient (Wildman–Crippen LogP) is 4.74. The quantitative estimate of drug-likeness (QED) is 0.696. The molecule has 2 aliphatic heterocycles. The van der Waals surface area contributed by atoms with Crippen molar-refractivity contribution in [3.8, 4) is 17.2 Å². The van der Waals surface area contributed by atoms with Gasteiger partial charge in [-0.3, -0.25) is 4.90 Å². The molecule has 4 rings (SSSR count). The Bertz CT molecular complexity index is 883. The summed E-state index contributed by atoms with van der Waals surface area (Å²) in [5, 5.41) is 0. The molecule has 0 spiro atoms. The molecule has 2 aromatic carbocycles. The van der Waals surface area contributed by atoms with Crippen LogP contribution in [0, 0.1) is 5.92 Å². The maximum Gasteiger partial charge on any atom is 0.161 e. The van der Waals surface area contributed by atoms with E-state index in [0.717, 1.165) is 36.8 Å². The lowest BCUT2D eigenvalue weighted by Crippen LogP contribution is -2.51. The molecule has 1 fully saturated rings. The van der Waals surface area contributed by atoms with Gasteiger partial charge >= 0.3 is 0 Å². The van der Waals surface area contributed by atoms with Crippen LogP contribution in [0.5, 0.6) is 17.2 Å². The molecule has 0 aliphatic carbocycles. The fraction of sp³-hybridized carbons (Fsp3) is 0.538. The lowest BCUT2D eigenvalue weighted by atomic mass is 9.75. The van der Waals surface area contributed by atoms with Crippen molar-refractivity contribution in [3.05, 3.63) is 53.1 Å². The van der Waals surface area contributed by atoms with Gasteiger partial charge < -0.3 is 19.9 Å². The fourth-order valence-corrected chi connectivity index (χ4v) is 5.42. The Morgan fingerprint density at radius 3 is 2.23 bits per heavy atom. The van der Waals surface area contributed by atoms with E-state index >= 15 is 0 Å². The molecule has 31 heavy (non-hydrogen) atoms. The molecule has 2 aliphatic rings. The number of nitrogens with zero attached hydrogens (tertiary/aromatic N) is 1. The smallest absolute Gasteiger partial charge is 0.161 e. The van der Waals surface area contributed by atoms with Crippen molar-refractivity contribution in [2.45, 2.75) is 50.6 Å². The molecule has 0 bridgehead atoms. The standard InChI is InChI=1S/C26H36N2O3/c1-5-6-7-18-15-28-16-22(17-8-10-19(29-2)11-9-17)20-12-25(30-3)26(31-4)13-21(20)24(28)14-23(18)27/h8-13,18,22-24H,5-7,14-16,27H2,1-4H3/t18-,22-,23+,24-/m1/s1. The molecular weight excluding hydrogens is 388 g/mol. The fourth-order valence-electron chi connectivity index (χ4n) is 5.42. The average molecular weight is 425 g/mol. The summed E-state index contributed by atoms with van der Waals surface area (Å²) < 4.78 is 16.7. The van der Waals surface area contributed by atoms with Crippen LogP contribution in [0.25, 0.3) is 0 Å². The summed E-state index contributed by atoms with van der Waals surface area (Å²) in [6.07, 6.45) is 4.68. The summed E-state index contributed by atoms with van der Waals surface area (Å²) in [6, 6.07) is 13.4. The molecule has 1 saturated heterocycles. The van der Waals surface area contributed by atoms with E-state index in [1.54, 1.807) is 21.3 Å². The lowest BCUT2D eigenvalue weighted by molar-refractivity contribution is 0.0728. The van der Waals surface area contributed by atoms with Gasteiger partial charge in [-0.1, -0.05) is 31.9 Å². The van der Waals surface area contributed by atoms with Gasteiger partial charge in [-0.2, -0.15) is 0 Å². The minimum absolute atomic E-state index is 0.242. The van der Waals surface area contributed by atoms with E-state index in [4.69, 9.17) is 19.9 Å². The van der Waals surface area contributed by atoms with Gasteiger partial charge in [0.15, 0.2) is 11.5 Å². The number of nitrogens with two attached hydrogens (primary N) is 1. The number of unbranched alkanes of at least 4 members (excludes halogenated alkanes) is 1. The summed E-state index contributed by atoms with van der Waals surface area (Å²) in [5.74, 6) is 3.30. The highest BCUT2D eigenvalue weighted by Crippen LogP contribution is 2.48. The second-order valence-corrected chi connectivity index (χ2v) is 8.93. The Morgan fingerprint density at radius 2 is 1.61 bits per heavy atom. The Labute approximate surface area is 186 Å². The first-order chi connectivity index (χ1) is 15.1. The number of hydrogen-bond acceptors (Lipinski definition) is 5. The third-order valence-corrected chi connectivity index (χ3v) is 7.20. The van der Waals surface area contributed by atoms with Crippen molar-refractivity contribution in [2.24, 2.45) is 11.7 Å². The number of piperidine rings is 1. The zero-order chi connectivity index (χ0) is 22.0. The van der Waals surface area contributed by atoms with Crippen LogP contribution in [0.3, 0.4) is 0 Å². The third kappa shape index (κ3) is 4.26. The largest absolute Gasteiger partial charge is 0.497 e. The van der Waals surface area contributed by atoms with Crippen molar-refractivity contribution in [3.63, 3.8) is 0 Å². The van der Waals surface area contributed by atoms with Crippen molar-refractivity contribution < 1.29 is 14.2 Å². The highest BCUT2D eigenvalue weighted by molar-refractivity contribution is 5.53. The van der Waals surface area contributed by atoms with Crippen LogP contribution in [0.1, 0.15) is 61.3 Å². The number of rotatable bonds is 7. The average Bonchev–Trinajstić information content (AvgIpc) is 2.81. The summed E-state index contributed by atoms with van der Waals surface area (Å²) in [4.78, 5) is 2.66. The van der Waals surface area contributed by atoms with Crippen LogP contribution < -0.4 is 19.9 Å². The van der Waals surface area contributed by atoms with Crippen LogP contribution in [-0.2, 0) is 0 Å². The molecule has 0 unspecified atom stereocenters. The van der Waals surface area contributed by atoms with E-state index in [-0.39, 0.29) is 12.0 Å². The van der Waals surface area contributed by atoms with E-state index in [0.29, 0.717) is 12.0 Å². The van der Waals surface area contributed by atoms with Gasteiger partial charge in [0.05, 0.1) is 21.3 Å². The van der Waals surface area contributed by atoms with E-state index in [1.165, 1.54) is 36.0 Å². The van der Waals surface area contributed by atoms with Crippen LogP contribution >= 0.6 is 0 Å². The van der Waals surface area contributed by atoms with Crippen molar-refractivity contribution in [1.29, 1.82) is 0 Å². The Morgan fingerprint density at radius 1 is 0.935 bits per heavy atom. The lowest BCUT2D eigenvalue weighted by Gasteiger charge is -2.48. The molecule has 2 aromatic rings. The second-order valence-electron chi connectivity index (χ2n) is 8.93. The minimum atomic E-state index is 0.242. The third-order valence-electron chi connectivity index (χ3n) is 7.20. The first kappa shape index (κ1) is 22.0. The minimum Gasteiger partial charge on any atom is -0.497 e. The van der Waals surface area contributed by atoms with Crippen molar-refractivity contribution in [2.75, 3.05) is 34.4 Å². The van der Waals surface area contributed by atoms with Crippen LogP contribution in [0.15, 0.2) is 36.4 Å². The molecule has 168 valence electrons. The van der Waals surface area contributed by atoms with Gasteiger partial charge in [-0.05, 0) is 59.7 Å². The Kier molecular flexibility index (Phi) is 6.73. The van der Waals surface area contributed by atoms with Gasteiger partial charge in [0, 0.05) is 31.1 Å². The predicted molar refractivity (Wildman–Crippen MR) is 124 cm³/mol. The normalized spacial score (nSPS) is 25.5. The number of hydrogen-bond donors (Lipinski definition) is 1. The maximum absolute atomic E-state index is 6.69. The highest BCUT2D eigenvalue weighted by atomic mass is 16.5. The van der Waals surface area contributed by atoms with Crippen LogP contribution in [0.2, 0.25) is 0 Å². The van der Waals surface area contributed by atoms with Crippen LogP contribution in [0.4, 0.5) is 0 Å². The van der Waals surface area contributed by atoms with E-state index in [1.807, 2.05) is 0 Å². The molecule has 2 heterocycles. The van der Waals surface area contributed by atoms with E-state index in [2.05, 4.69) is 48.2 Å². The zero-order valence-electron chi connectivity index (χ0n) is 19.3. The van der Waals surface area contributed by atoms with Crippen molar-refractivity contribution >= 4 is 0 Å². The van der Waals surface area contributed by atoms with Gasteiger partial charge in [0.2, 0.25) is 0 Å². The summed E-state index contributed by atoms with van der Waals surface area (Å²) in [5.41, 5.74) is 10.6. The van der Waals surface area contributed by atoms with Gasteiger partial charge in [0.1, 0.15) is 5.75 Å². The molecule has 4 atom stereocenters. The Balaban J connectivity index is 1.75. The van der Waals surface area contributed by atoms with Gasteiger partial charge in [-0.25, -0.2) is 0 Å². The van der Waals surface area contributed by atoms with Crippen molar-refractivity contribution in [1.82, 2.24) is 4.90 Å². The molecular formula is C26H36N2O3. The molecule has 0 amide bonds. The molecule has 2 N–H and O–H groups in total. The molecule has 5 heteroatoms. The SMILES string of the molecule is CCCC[C@@H]1CN2C[C@H](c3ccc(OC)cc3)c3cc(OC)c(OC)cc3[C@H]2C[C@@H]1N. The first-order valence-electron chi connectivity index (χ1n) is 11.5. The molecule has 0 radical (unpaired) electrons. The monoisotopic (exact) mass is 424 g/mol. The summed E-state index contributed by atoms with van der Waals surface area (Å²) >= 11 is 0. The zero-order valence-corrected chi connectivity index (χ0v) is 19.3. The van der Waals surface area contributed by atoms with Gasteiger partial charge in [0.25, 0.3) is 0 Å². The number of ether oxygens (including phenoxy) is 3.